The molecule has 0 spiro atoms. The van der Waals surface area contributed by atoms with E-state index in [2.05, 4.69) is 4.98 Å². The Morgan fingerprint density at radius 3 is 2.33 bits per heavy atom. The molecule has 1 heterocycles. The van der Waals surface area contributed by atoms with Crippen molar-refractivity contribution in [1.82, 2.24) is 4.98 Å². The molecule has 4 heteroatoms. The van der Waals surface area contributed by atoms with Crippen LogP contribution in [0.3, 0.4) is 0 Å². The zero-order chi connectivity index (χ0) is 11.6. The number of carbonyl (C=O) groups excluding carboxylic acids is 1. The normalized spacial score (nSPS) is 11.3. The van der Waals surface area contributed by atoms with E-state index in [1.807, 2.05) is 20.8 Å². The molecule has 0 radical (unpaired) electrons. The Bertz CT molecular complexity index is 349. The molecule has 0 aliphatic rings. The van der Waals surface area contributed by atoms with Crippen LogP contribution in [0.15, 0.2) is 18.3 Å². The first-order chi connectivity index (χ1) is 6.82. The lowest BCUT2D eigenvalue weighted by atomic mass is 9.87. The molecule has 0 amide bonds. The molecule has 15 heavy (non-hydrogen) atoms. The van der Waals surface area contributed by atoms with Gasteiger partial charge >= 0.3 is 0 Å². The van der Waals surface area contributed by atoms with E-state index >= 15 is 0 Å². The van der Waals surface area contributed by atoms with Crippen LogP contribution in [0.4, 0.5) is 5.82 Å². The Morgan fingerprint density at radius 2 is 2.00 bits per heavy atom. The van der Waals surface area contributed by atoms with Gasteiger partial charge in [0.25, 0.3) is 0 Å². The van der Waals surface area contributed by atoms with Crippen LogP contribution in [0.5, 0.6) is 0 Å². The molecule has 1 aromatic heterocycles. The third kappa shape index (κ3) is 2.76. The molecule has 82 valence electrons. The number of hydrogen-bond acceptors (Lipinski definition) is 4. The van der Waals surface area contributed by atoms with Gasteiger partial charge in [-0.2, -0.15) is 0 Å². The molecule has 0 unspecified atom stereocenters. The first kappa shape index (κ1) is 11.7. The number of nitrogens with two attached hydrogens (primary N) is 1. The van der Waals surface area contributed by atoms with Gasteiger partial charge in [-0.1, -0.05) is 20.8 Å². The van der Waals surface area contributed by atoms with Gasteiger partial charge in [-0.05, 0) is 12.1 Å². The molecule has 0 bridgehead atoms. The van der Waals surface area contributed by atoms with E-state index < -0.39 is 0 Å². The Hall–Kier alpha value is -1.42. The third-order valence-corrected chi connectivity index (χ3v) is 2.05. The number of hydrogen-bond donors (Lipinski definition) is 1. The van der Waals surface area contributed by atoms with Crippen molar-refractivity contribution < 1.29 is 4.79 Å². The van der Waals surface area contributed by atoms with Crippen molar-refractivity contribution >= 4 is 11.6 Å². The molecule has 0 saturated heterocycles. The number of aromatic nitrogens is 1. The second-order valence-corrected chi connectivity index (χ2v) is 4.60. The maximum absolute atomic E-state index is 11.9. The SMILES string of the molecule is CN(N)c1ccc(C(=O)C(C)(C)C)cn1. The third-order valence-electron chi connectivity index (χ3n) is 2.05. The molecule has 0 atom stereocenters. The molecular weight excluding hydrogens is 190 g/mol. The number of nitrogens with zero attached hydrogens (tertiary/aromatic N) is 2. The monoisotopic (exact) mass is 207 g/mol. The van der Waals surface area contributed by atoms with Crippen LogP contribution in [0.1, 0.15) is 31.1 Å². The average Bonchev–Trinajstić information content (AvgIpc) is 2.15. The van der Waals surface area contributed by atoms with Crippen LogP contribution in [0, 0.1) is 5.41 Å². The highest BCUT2D eigenvalue weighted by Gasteiger charge is 2.22. The fourth-order valence-electron chi connectivity index (χ4n) is 1.16. The molecule has 1 rings (SSSR count). The van der Waals surface area contributed by atoms with Crippen molar-refractivity contribution in [2.45, 2.75) is 20.8 Å². The summed E-state index contributed by atoms with van der Waals surface area (Å²) < 4.78 is 0. The first-order valence-corrected chi connectivity index (χ1v) is 4.81. The van der Waals surface area contributed by atoms with Crippen LogP contribution in [0.2, 0.25) is 0 Å². The van der Waals surface area contributed by atoms with E-state index in [0.717, 1.165) is 0 Å². The molecule has 0 aromatic carbocycles. The number of ketones is 1. The van der Waals surface area contributed by atoms with E-state index in [1.165, 1.54) is 5.01 Å². The van der Waals surface area contributed by atoms with Gasteiger partial charge in [-0.25, -0.2) is 10.8 Å². The highest BCUT2D eigenvalue weighted by atomic mass is 16.1. The van der Waals surface area contributed by atoms with E-state index in [0.29, 0.717) is 11.4 Å². The van der Waals surface area contributed by atoms with Gasteiger partial charge in [0.05, 0.1) is 0 Å². The molecule has 0 fully saturated rings. The van der Waals surface area contributed by atoms with Crippen molar-refractivity contribution in [3.8, 4) is 0 Å². The highest BCUT2D eigenvalue weighted by molar-refractivity contribution is 5.99. The fourth-order valence-corrected chi connectivity index (χ4v) is 1.16. The Labute approximate surface area is 90.1 Å². The maximum Gasteiger partial charge on any atom is 0.169 e. The number of rotatable bonds is 2. The van der Waals surface area contributed by atoms with E-state index in [1.54, 1.807) is 25.4 Å². The highest BCUT2D eigenvalue weighted by Crippen LogP contribution is 2.20. The lowest BCUT2D eigenvalue weighted by Gasteiger charge is -2.17. The van der Waals surface area contributed by atoms with E-state index in [9.17, 15) is 4.79 Å². The van der Waals surface area contributed by atoms with Crippen LogP contribution in [-0.4, -0.2) is 17.8 Å². The summed E-state index contributed by atoms with van der Waals surface area (Å²) >= 11 is 0. The second kappa shape index (κ2) is 3.98. The van der Waals surface area contributed by atoms with Gasteiger partial charge in [-0.3, -0.25) is 9.80 Å². The van der Waals surface area contributed by atoms with Crippen molar-refractivity contribution in [2.24, 2.45) is 11.3 Å². The second-order valence-electron chi connectivity index (χ2n) is 4.60. The van der Waals surface area contributed by atoms with Crippen LogP contribution < -0.4 is 10.9 Å². The predicted molar refractivity (Wildman–Crippen MR) is 60.6 cm³/mol. The zero-order valence-corrected chi connectivity index (χ0v) is 9.61. The largest absolute Gasteiger partial charge is 0.298 e. The summed E-state index contributed by atoms with van der Waals surface area (Å²) in [7, 11) is 1.70. The van der Waals surface area contributed by atoms with Crippen molar-refractivity contribution in [3.63, 3.8) is 0 Å². The number of carbonyl (C=O) groups is 1. The van der Waals surface area contributed by atoms with E-state index in [4.69, 9.17) is 5.84 Å². The lowest BCUT2D eigenvalue weighted by Crippen LogP contribution is -2.26. The number of Topliss-reactive ketones (excluding diaryl/α,β-unsaturated/α-hetero) is 1. The molecule has 0 aliphatic carbocycles. The zero-order valence-electron chi connectivity index (χ0n) is 9.61. The lowest BCUT2D eigenvalue weighted by molar-refractivity contribution is 0.0858. The Morgan fingerprint density at radius 1 is 1.40 bits per heavy atom. The molecule has 0 saturated carbocycles. The Kier molecular flexibility index (Phi) is 3.09. The quantitative estimate of drug-likeness (QED) is 0.455. The van der Waals surface area contributed by atoms with Gasteiger partial charge in [0, 0.05) is 24.2 Å². The van der Waals surface area contributed by atoms with Gasteiger partial charge in [-0.15, -0.1) is 0 Å². The van der Waals surface area contributed by atoms with Crippen molar-refractivity contribution in [3.05, 3.63) is 23.9 Å². The minimum atomic E-state index is -0.377. The summed E-state index contributed by atoms with van der Waals surface area (Å²) in [4.78, 5) is 16.0. The summed E-state index contributed by atoms with van der Waals surface area (Å²) in [5.74, 6) is 6.24. The molecular formula is C11H17N3O. The summed E-state index contributed by atoms with van der Waals surface area (Å²) in [5, 5.41) is 1.41. The van der Waals surface area contributed by atoms with Gasteiger partial charge < -0.3 is 0 Å². The van der Waals surface area contributed by atoms with E-state index in [-0.39, 0.29) is 11.2 Å². The van der Waals surface area contributed by atoms with Crippen LogP contribution in [0.25, 0.3) is 0 Å². The predicted octanol–water partition coefficient (Wildman–Crippen LogP) is 1.62. The summed E-state index contributed by atoms with van der Waals surface area (Å²) in [6, 6.07) is 3.48. The molecule has 0 aliphatic heterocycles. The summed E-state index contributed by atoms with van der Waals surface area (Å²) in [6.07, 6.45) is 1.56. The topological polar surface area (TPSA) is 59.2 Å². The van der Waals surface area contributed by atoms with Crippen molar-refractivity contribution in [2.75, 3.05) is 12.1 Å². The Balaban J connectivity index is 2.95. The minimum Gasteiger partial charge on any atom is -0.298 e. The van der Waals surface area contributed by atoms with Crippen LogP contribution >= 0.6 is 0 Å². The van der Waals surface area contributed by atoms with Gasteiger partial charge in [0.2, 0.25) is 0 Å². The number of hydrazine groups is 1. The molecule has 1 aromatic rings. The van der Waals surface area contributed by atoms with Gasteiger partial charge in [0.1, 0.15) is 5.82 Å². The summed E-state index contributed by atoms with van der Waals surface area (Å²) in [6.45, 7) is 5.66. The standard InChI is InChI=1S/C11H17N3O/c1-11(2,3)10(15)8-5-6-9(13-7-8)14(4)12/h5-7H,12H2,1-4H3. The first-order valence-electron chi connectivity index (χ1n) is 4.81. The minimum absolute atomic E-state index is 0.0845. The number of anilines is 1. The maximum atomic E-state index is 11.9. The number of pyridine rings is 1. The van der Waals surface area contributed by atoms with Crippen molar-refractivity contribution in [1.29, 1.82) is 0 Å². The summed E-state index contributed by atoms with van der Waals surface area (Å²) in [5.41, 5.74) is 0.241. The fraction of sp³-hybridized carbons (Fsp3) is 0.455. The van der Waals surface area contributed by atoms with Crippen LogP contribution in [-0.2, 0) is 0 Å². The molecule has 2 N–H and O–H groups in total. The van der Waals surface area contributed by atoms with Gasteiger partial charge in [0.15, 0.2) is 5.78 Å². The smallest absolute Gasteiger partial charge is 0.169 e. The average molecular weight is 207 g/mol. The molecule has 4 nitrogen and oxygen atoms in total.